The van der Waals surface area contributed by atoms with Gasteiger partial charge in [0.2, 0.25) is 5.91 Å². The first-order valence-corrected chi connectivity index (χ1v) is 12.3. The molecule has 184 valence electrons. The summed E-state index contributed by atoms with van der Waals surface area (Å²) in [4.78, 5) is 25.1. The van der Waals surface area contributed by atoms with Crippen molar-refractivity contribution < 1.29 is 24.5 Å². The molecule has 0 aromatic heterocycles. The Morgan fingerprint density at radius 2 is 1.85 bits per heavy atom. The van der Waals surface area contributed by atoms with Gasteiger partial charge in [0.15, 0.2) is 0 Å². The van der Waals surface area contributed by atoms with Gasteiger partial charge in [-0.2, -0.15) is 0 Å². The quantitative estimate of drug-likeness (QED) is 0.476. The Labute approximate surface area is 197 Å². The second-order valence-electron chi connectivity index (χ2n) is 10.3. The molecule has 1 aromatic rings. The van der Waals surface area contributed by atoms with Crippen LogP contribution in [0.4, 0.5) is 4.79 Å². The predicted octanol–water partition coefficient (Wildman–Crippen LogP) is 3.38. The topological polar surface area (TPSA) is 108 Å². The molecule has 33 heavy (non-hydrogen) atoms. The van der Waals surface area contributed by atoms with E-state index in [1.54, 1.807) is 0 Å². The molecule has 7 nitrogen and oxygen atoms in total. The molecule has 0 spiro atoms. The minimum Gasteiger partial charge on any atom is -0.446 e. The lowest BCUT2D eigenvalue weighted by atomic mass is 9.46. The van der Waals surface area contributed by atoms with Crippen molar-refractivity contribution in [3.8, 4) is 0 Å². The molecule has 4 N–H and O–H groups in total. The van der Waals surface area contributed by atoms with E-state index in [1.807, 2.05) is 44.2 Å². The molecule has 7 heteroatoms. The van der Waals surface area contributed by atoms with Crippen LogP contribution in [0.25, 0.3) is 0 Å². The van der Waals surface area contributed by atoms with Gasteiger partial charge < -0.3 is 25.6 Å². The van der Waals surface area contributed by atoms with Crippen molar-refractivity contribution in [2.24, 2.45) is 22.7 Å². The summed E-state index contributed by atoms with van der Waals surface area (Å²) in [5.74, 6) is -0.261. The van der Waals surface area contributed by atoms with Crippen LogP contribution < -0.4 is 10.6 Å². The normalized spacial score (nSPS) is 33.6. The largest absolute Gasteiger partial charge is 0.446 e. The molecular formula is C26H40N2O5. The van der Waals surface area contributed by atoms with Crippen molar-refractivity contribution in [1.82, 2.24) is 10.6 Å². The van der Waals surface area contributed by atoms with E-state index in [0.29, 0.717) is 25.9 Å². The fourth-order valence-corrected chi connectivity index (χ4v) is 6.25. The summed E-state index contributed by atoms with van der Waals surface area (Å²) in [7, 11) is 0. The van der Waals surface area contributed by atoms with E-state index in [-0.39, 0.29) is 36.2 Å². The summed E-state index contributed by atoms with van der Waals surface area (Å²) in [5.41, 5.74) is 0.0695. The highest BCUT2D eigenvalue weighted by atomic mass is 16.6. The third-order valence-electron chi connectivity index (χ3n) is 8.18. The highest BCUT2D eigenvalue weighted by Crippen LogP contribution is 2.61. The zero-order valence-corrected chi connectivity index (χ0v) is 20.2. The molecule has 3 rings (SSSR count). The number of carbonyl (C=O) groups excluding carboxylic acids is 2. The third kappa shape index (κ3) is 5.52. The highest BCUT2D eigenvalue weighted by Gasteiger charge is 2.60. The summed E-state index contributed by atoms with van der Waals surface area (Å²) >= 11 is 0. The maximum atomic E-state index is 12.8. The van der Waals surface area contributed by atoms with Crippen LogP contribution >= 0.6 is 0 Å². The molecule has 1 aromatic carbocycles. The van der Waals surface area contributed by atoms with Gasteiger partial charge in [0.05, 0.1) is 12.7 Å². The number of fused-ring (bicyclic) bond motifs is 1. The summed E-state index contributed by atoms with van der Waals surface area (Å²) in [6.07, 6.45) is 2.27. The second kappa shape index (κ2) is 10.9. The fourth-order valence-electron chi connectivity index (χ4n) is 6.25. The molecule has 2 fully saturated rings. The number of hydrogen-bond donors (Lipinski definition) is 4. The Balaban J connectivity index is 1.72. The maximum Gasteiger partial charge on any atom is 0.407 e. The van der Waals surface area contributed by atoms with Crippen LogP contribution in [0.2, 0.25) is 0 Å². The number of amides is 2. The van der Waals surface area contributed by atoms with Gasteiger partial charge in [-0.25, -0.2) is 4.79 Å². The third-order valence-corrected chi connectivity index (χ3v) is 8.18. The molecule has 6 atom stereocenters. The summed E-state index contributed by atoms with van der Waals surface area (Å²) < 4.78 is 5.77. The summed E-state index contributed by atoms with van der Waals surface area (Å²) in [6.45, 7) is 7.00. The fraction of sp³-hybridized carbons (Fsp3) is 0.692. The van der Waals surface area contributed by atoms with Crippen LogP contribution in [-0.4, -0.2) is 47.6 Å². The van der Waals surface area contributed by atoms with Crippen molar-refractivity contribution in [3.63, 3.8) is 0 Å². The Hall–Kier alpha value is -2.12. The Bertz CT molecular complexity index is 803. The standard InChI is InChI=1S/C26H40N2O5/c1-4-14-27-24(32)33-22-12-13-25(2)19(20(30)10-11-21(25)26(22,3)17-29)15-23(31)28-16-18-8-6-5-7-9-18/h5-9,19-22,29-30H,4,10-17H2,1-3H3,(H,27,32)(H,28,31)/t19-,20-,21-,22-,25+,26+/m1/s1. The summed E-state index contributed by atoms with van der Waals surface area (Å²) in [6, 6.07) is 9.76. The van der Waals surface area contributed by atoms with Crippen molar-refractivity contribution >= 4 is 12.0 Å². The minimum atomic E-state index is -0.630. The second-order valence-corrected chi connectivity index (χ2v) is 10.3. The predicted molar refractivity (Wildman–Crippen MR) is 126 cm³/mol. The highest BCUT2D eigenvalue weighted by molar-refractivity contribution is 5.76. The Morgan fingerprint density at radius 3 is 2.52 bits per heavy atom. The molecular weight excluding hydrogens is 420 g/mol. The number of ether oxygens (including phenoxy) is 1. The molecule has 2 aliphatic carbocycles. The van der Waals surface area contributed by atoms with E-state index in [9.17, 15) is 19.8 Å². The molecule has 0 unspecified atom stereocenters. The number of aliphatic hydroxyl groups is 2. The van der Waals surface area contributed by atoms with Crippen LogP contribution in [0.1, 0.15) is 64.9 Å². The number of carbonyl (C=O) groups is 2. The summed E-state index contributed by atoms with van der Waals surface area (Å²) in [5, 5.41) is 27.1. The zero-order chi connectivity index (χ0) is 24.1. The first kappa shape index (κ1) is 25.5. The van der Waals surface area contributed by atoms with Crippen LogP contribution in [-0.2, 0) is 16.1 Å². The van der Waals surface area contributed by atoms with Crippen LogP contribution in [0.15, 0.2) is 30.3 Å². The van der Waals surface area contributed by atoms with Crippen molar-refractivity contribution in [2.75, 3.05) is 13.2 Å². The van der Waals surface area contributed by atoms with Gasteiger partial charge in [0.25, 0.3) is 0 Å². The van der Waals surface area contributed by atoms with E-state index in [0.717, 1.165) is 24.8 Å². The SMILES string of the molecule is CCCNC(=O)O[C@@H]1CC[C@]2(C)[C@@H](CC[C@@H](O)[C@H]2CC(=O)NCc2ccccc2)[C@]1(C)CO. The minimum absolute atomic E-state index is 0.0306. The number of nitrogens with one attached hydrogen (secondary N) is 2. The molecule has 2 amide bonds. The molecule has 0 bridgehead atoms. The van der Waals surface area contributed by atoms with Gasteiger partial charge in [-0.1, -0.05) is 51.1 Å². The van der Waals surface area contributed by atoms with Crippen LogP contribution in [0, 0.1) is 22.7 Å². The van der Waals surface area contributed by atoms with Crippen molar-refractivity contribution in [2.45, 2.75) is 78.0 Å². The van der Waals surface area contributed by atoms with Gasteiger partial charge in [0, 0.05) is 24.9 Å². The lowest BCUT2D eigenvalue weighted by Crippen LogP contribution is -2.61. The van der Waals surface area contributed by atoms with Gasteiger partial charge in [-0.3, -0.25) is 4.79 Å². The van der Waals surface area contributed by atoms with Gasteiger partial charge in [0.1, 0.15) is 6.10 Å². The zero-order valence-electron chi connectivity index (χ0n) is 20.2. The van der Waals surface area contributed by atoms with E-state index >= 15 is 0 Å². The van der Waals surface area contributed by atoms with Crippen molar-refractivity contribution in [1.29, 1.82) is 0 Å². The van der Waals surface area contributed by atoms with Crippen molar-refractivity contribution in [3.05, 3.63) is 35.9 Å². The molecule has 0 heterocycles. The first-order valence-electron chi connectivity index (χ1n) is 12.3. The van der Waals surface area contributed by atoms with Crippen LogP contribution in [0.3, 0.4) is 0 Å². The smallest absolute Gasteiger partial charge is 0.407 e. The Morgan fingerprint density at radius 1 is 1.12 bits per heavy atom. The molecule has 0 saturated heterocycles. The first-order chi connectivity index (χ1) is 15.7. The Kier molecular flexibility index (Phi) is 8.40. The van der Waals surface area contributed by atoms with E-state index < -0.39 is 23.7 Å². The van der Waals surface area contributed by atoms with E-state index in [2.05, 4.69) is 17.6 Å². The average Bonchev–Trinajstić information content (AvgIpc) is 2.81. The molecule has 0 aliphatic heterocycles. The number of benzene rings is 1. The molecule has 2 saturated carbocycles. The number of hydrogen-bond acceptors (Lipinski definition) is 5. The van der Waals surface area contributed by atoms with E-state index in [4.69, 9.17) is 4.74 Å². The number of alkyl carbamates (subject to hydrolysis) is 1. The lowest BCUT2D eigenvalue weighted by molar-refractivity contribution is -0.186. The average molecular weight is 461 g/mol. The van der Waals surface area contributed by atoms with Crippen LogP contribution in [0.5, 0.6) is 0 Å². The molecule has 0 radical (unpaired) electrons. The number of aliphatic hydroxyl groups excluding tert-OH is 2. The lowest BCUT2D eigenvalue weighted by Gasteiger charge is -2.60. The number of rotatable bonds is 8. The molecule has 2 aliphatic rings. The van der Waals surface area contributed by atoms with Gasteiger partial charge in [-0.05, 0) is 54.9 Å². The van der Waals surface area contributed by atoms with E-state index in [1.165, 1.54) is 0 Å². The van der Waals surface area contributed by atoms with Gasteiger partial charge in [-0.15, -0.1) is 0 Å². The maximum absolute atomic E-state index is 12.8. The van der Waals surface area contributed by atoms with Gasteiger partial charge >= 0.3 is 6.09 Å². The monoisotopic (exact) mass is 460 g/mol.